The second-order valence-electron chi connectivity index (χ2n) is 3.82. The van der Waals surface area contributed by atoms with Crippen LogP contribution in [0.15, 0.2) is 18.2 Å². The second-order valence-corrected chi connectivity index (χ2v) is 3.82. The number of primary amides is 1. The van der Waals surface area contributed by atoms with Crippen LogP contribution in [0.5, 0.6) is 11.5 Å². The number of nitrogens with two attached hydrogens (primary N) is 1. The standard InChI is InChI=1S/C13H17NO4/c1-3-4-11(13(14)16)18-12-7-10(17-2)6-5-9(12)8-15/h5-8,11H,3-4H2,1-2H3,(H2,14,16). The molecule has 0 saturated carbocycles. The predicted octanol–water partition coefficient (Wildman–Crippen LogP) is 1.54. The Kier molecular flexibility index (Phi) is 5.17. The highest BCUT2D eigenvalue weighted by molar-refractivity contribution is 5.82. The van der Waals surface area contributed by atoms with Crippen LogP contribution < -0.4 is 15.2 Å². The summed E-state index contributed by atoms with van der Waals surface area (Å²) >= 11 is 0. The Morgan fingerprint density at radius 1 is 1.50 bits per heavy atom. The largest absolute Gasteiger partial charge is 0.497 e. The normalized spacial score (nSPS) is 11.7. The first kappa shape index (κ1) is 14.0. The number of carbonyl (C=O) groups is 2. The van der Waals surface area contributed by atoms with E-state index in [1.165, 1.54) is 7.11 Å². The summed E-state index contributed by atoms with van der Waals surface area (Å²) in [6, 6.07) is 4.79. The molecule has 0 spiro atoms. The summed E-state index contributed by atoms with van der Waals surface area (Å²) < 4.78 is 10.5. The van der Waals surface area contributed by atoms with Crippen molar-refractivity contribution in [3.05, 3.63) is 23.8 Å². The first-order valence-electron chi connectivity index (χ1n) is 5.71. The zero-order valence-electron chi connectivity index (χ0n) is 10.5. The monoisotopic (exact) mass is 251 g/mol. The van der Waals surface area contributed by atoms with Crippen LogP contribution in [0.2, 0.25) is 0 Å². The van der Waals surface area contributed by atoms with E-state index in [0.717, 1.165) is 6.42 Å². The fourth-order valence-electron chi connectivity index (χ4n) is 1.52. The Morgan fingerprint density at radius 2 is 2.22 bits per heavy atom. The lowest BCUT2D eigenvalue weighted by Crippen LogP contribution is -2.33. The maximum Gasteiger partial charge on any atom is 0.258 e. The van der Waals surface area contributed by atoms with Gasteiger partial charge in [0.2, 0.25) is 0 Å². The molecule has 1 aromatic carbocycles. The van der Waals surface area contributed by atoms with Crippen molar-refractivity contribution in [1.82, 2.24) is 0 Å². The molecular formula is C13H17NO4. The molecule has 0 heterocycles. The molecule has 1 rings (SSSR count). The molecule has 0 radical (unpaired) electrons. The highest BCUT2D eigenvalue weighted by atomic mass is 16.5. The van der Waals surface area contributed by atoms with Gasteiger partial charge in [0.15, 0.2) is 12.4 Å². The van der Waals surface area contributed by atoms with Gasteiger partial charge in [-0.1, -0.05) is 13.3 Å². The van der Waals surface area contributed by atoms with Crippen molar-refractivity contribution in [1.29, 1.82) is 0 Å². The van der Waals surface area contributed by atoms with Crippen molar-refractivity contribution in [2.45, 2.75) is 25.9 Å². The van der Waals surface area contributed by atoms with Gasteiger partial charge in [-0.3, -0.25) is 9.59 Å². The Bertz CT molecular complexity index is 431. The van der Waals surface area contributed by atoms with E-state index < -0.39 is 12.0 Å². The van der Waals surface area contributed by atoms with E-state index in [1.54, 1.807) is 18.2 Å². The molecule has 0 saturated heterocycles. The van der Waals surface area contributed by atoms with Gasteiger partial charge in [-0.2, -0.15) is 0 Å². The molecule has 0 aromatic heterocycles. The van der Waals surface area contributed by atoms with E-state index >= 15 is 0 Å². The quantitative estimate of drug-likeness (QED) is 0.745. The highest BCUT2D eigenvalue weighted by Gasteiger charge is 2.18. The summed E-state index contributed by atoms with van der Waals surface area (Å²) in [5.74, 6) is 0.313. The Hall–Kier alpha value is -2.04. The van der Waals surface area contributed by atoms with Gasteiger partial charge in [-0.05, 0) is 18.6 Å². The smallest absolute Gasteiger partial charge is 0.258 e. The lowest BCUT2D eigenvalue weighted by molar-refractivity contribution is -0.125. The van der Waals surface area contributed by atoms with Crippen molar-refractivity contribution in [2.75, 3.05) is 7.11 Å². The third-order valence-corrected chi connectivity index (χ3v) is 2.49. The first-order chi connectivity index (χ1) is 8.62. The summed E-state index contributed by atoms with van der Waals surface area (Å²) in [7, 11) is 1.51. The number of aldehydes is 1. The highest BCUT2D eigenvalue weighted by Crippen LogP contribution is 2.25. The zero-order chi connectivity index (χ0) is 13.5. The molecule has 1 aromatic rings. The van der Waals surface area contributed by atoms with Crippen LogP contribution in [0.3, 0.4) is 0 Å². The van der Waals surface area contributed by atoms with Gasteiger partial charge in [0, 0.05) is 6.07 Å². The molecule has 0 aliphatic heterocycles. The number of amides is 1. The summed E-state index contributed by atoms with van der Waals surface area (Å²) in [4.78, 5) is 22.1. The molecule has 1 unspecified atom stereocenters. The van der Waals surface area contributed by atoms with Crippen molar-refractivity contribution in [3.8, 4) is 11.5 Å². The van der Waals surface area contributed by atoms with Crippen LogP contribution in [0.1, 0.15) is 30.1 Å². The van der Waals surface area contributed by atoms with Gasteiger partial charge in [-0.15, -0.1) is 0 Å². The summed E-state index contributed by atoms with van der Waals surface area (Å²) in [6.45, 7) is 1.92. The van der Waals surface area contributed by atoms with Crippen molar-refractivity contribution >= 4 is 12.2 Å². The topological polar surface area (TPSA) is 78.6 Å². The van der Waals surface area contributed by atoms with Crippen LogP contribution in [-0.4, -0.2) is 25.4 Å². The first-order valence-corrected chi connectivity index (χ1v) is 5.71. The fraction of sp³-hybridized carbons (Fsp3) is 0.385. The van der Waals surface area contributed by atoms with E-state index in [9.17, 15) is 9.59 Å². The number of methoxy groups -OCH3 is 1. The summed E-state index contributed by atoms with van der Waals surface area (Å²) in [6.07, 6.45) is 1.19. The SMILES string of the molecule is CCCC(Oc1cc(OC)ccc1C=O)C(N)=O. The number of benzene rings is 1. The van der Waals surface area contributed by atoms with Crippen LogP contribution in [-0.2, 0) is 4.79 Å². The van der Waals surface area contributed by atoms with Crippen molar-refractivity contribution in [3.63, 3.8) is 0 Å². The van der Waals surface area contributed by atoms with Crippen LogP contribution in [0.25, 0.3) is 0 Å². The summed E-state index contributed by atoms with van der Waals surface area (Å²) in [5, 5.41) is 0. The predicted molar refractivity (Wildman–Crippen MR) is 66.9 cm³/mol. The van der Waals surface area contributed by atoms with Crippen LogP contribution in [0, 0.1) is 0 Å². The van der Waals surface area contributed by atoms with E-state index in [0.29, 0.717) is 29.8 Å². The van der Waals surface area contributed by atoms with Gasteiger partial charge in [0.25, 0.3) is 5.91 Å². The van der Waals surface area contributed by atoms with E-state index in [4.69, 9.17) is 15.2 Å². The van der Waals surface area contributed by atoms with E-state index in [-0.39, 0.29) is 0 Å². The van der Waals surface area contributed by atoms with Gasteiger partial charge in [0.05, 0.1) is 12.7 Å². The number of hydrogen-bond donors (Lipinski definition) is 1. The molecule has 1 atom stereocenters. The van der Waals surface area contributed by atoms with Crippen LogP contribution >= 0.6 is 0 Å². The third kappa shape index (κ3) is 3.48. The zero-order valence-corrected chi connectivity index (χ0v) is 10.5. The fourth-order valence-corrected chi connectivity index (χ4v) is 1.52. The molecule has 98 valence electrons. The molecule has 5 heteroatoms. The van der Waals surface area contributed by atoms with Gasteiger partial charge >= 0.3 is 0 Å². The summed E-state index contributed by atoms with van der Waals surface area (Å²) in [5.41, 5.74) is 5.61. The maximum atomic E-state index is 11.2. The number of rotatable bonds is 7. The molecule has 1 amide bonds. The van der Waals surface area contributed by atoms with Gasteiger partial charge in [0.1, 0.15) is 11.5 Å². The van der Waals surface area contributed by atoms with Crippen molar-refractivity contribution < 1.29 is 19.1 Å². The molecule has 0 aliphatic carbocycles. The third-order valence-electron chi connectivity index (χ3n) is 2.49. The van der Waals surface area contributed by atoms with Crippen LogP contribution in [0.4, 0.5) is 0 Å². The molecule has 0 aliphatic rings. The average molecular weight is 251 g/mol. The second kappa shape index (κ2) is 6.64. The van der Waals surface area contributed by atoms with E-state index in [2.05, 4.69) is 0 Å². The number of carbonyl (C=O) groups excluding carboxylic acids is 2. The minimum Gasteiger partial charge on any atom is -0.497 e. The maximum absolute atomic E-state index is 11.2. The molecule has 0 bridgehead atoms. The Balaban J connectivity index is 2.98. The minimum atomic E-state index is -0.735. The minimum absolute atomic E-state index is 0.307. The number of hydrogen-bond acceptors (Lipinski definition) is 4. The lowest BCUT2D eigenvalue weighted by atomic mass is 10.1. The molecular weight excluding hydrogens is 234 g/mol. The number of ether oxygens (including phenoxy) is 2. The van der Waals surface area contributed by atoms with Crippen molar-refractivity contribution in [2.24, 2.45) is 5.73 Å². The molecule has 18 heavy (non-hydrogen) atoms. The lowest BCUT2D eigenvalue weighted by Gasteiger charge is -2.17. The molecule has 2 N–H and O–H groups in total. The molecule has 0 fully saturated rings. The Morgan fingerprint density at radius 3 is 2.72 bits per heavy atom. The Labute approximate surface area is 106 Å². The van der Waals surface area contributed by atoms with Gasteiger partial charge < -0.3 is 15.2 Å². The van der Waals surface area contributed by atoms with Gasteiger partial charge in [-0.25, -0.2) is 0 Å². The molecule has 5 nitrogen and oxygen atoms in total. The average Bonchev–Trinajstić information content (AvgIpc) is 2.37. The van der Waals surface area contributed by atoms with E-state index in [1.807, 2.05) is 6.92 Å².